The van der Waals surface area contributed by atoms with Crippen molar-refractivity contribution >= 4 is 34.6 Å². The fraction of sp³-hybridized carbons (Fsp3) is 0.0769. The summed E-state index contributed by atoms with van der Waals surface area (Å²) in [6.45, 7) is 0. The largest absolute Gasteiger partial charge is 0.496 e. The first-order chi connectivity index (χ1) is 8.52. The van der Waals surface area contributed by atoms with Crippen LogP contribution >= 0.6 is 23.2 Å². The van der Waals surface area contributed by atoms with E-state index in [0.717, 1.165) is 5.56 Å². The van der Waals surface area contributed by atoms with Crippen molar-refractivity contribution in [1.29, 1.82) is 0 Å². The number of anilines is 2. The molecule has 0 saturated carbocycles. The molecule has 0 amide bonds. The molecule has 0 aliphatic heterocycles. The van der Waals surface area contributed by atoms with Gasteiger partial charge in [0.1, 0.15) is 5.75 Å². The van der Waals surface area contributed by atoms with Crippen LogP contribution in [0.1, 0.15) is 0 Å². The molecule has 0 aliphatic carbocycles. The summed E-state index contributed by atoms with van der Waals surface area (Å²) in [7, 11) is 1.56. The molecule has 0 fully saturated rings. The van der Waals surface area contributed by atoms with Crippen molar-refractivity contribution < 1.29 is 4.74 Å². The van der Waals surface area contributed by atoms with E-state index in [-0.39, 0.29) is 0 Å². The van der Waals surface area contributed by atoms with Gasteiger partial charge in [0, 0.05) is 28.6 Å². The van der Waals surface area contributed by atoms with Crippen molar-refractivity contribution in [1.82, 2.24) is 0 Å². The molecule has 2 aromatic carbocycles. The summed E-state index contributed by atoms with van der Waals surface area (Å²) in [5, 5.41) is 0.999. The van der Waals surface area contributed by atoms with Crippen molar-refractivity contribution in [3.63, 3.8) is 0 Å². The van der Waals surface area contributed by atoms with Crippen molar-refractivity contribution in [2.24, 2.45) is 0 Å². The molecule has 0 spiro atoms. The molecule has 0 aliphatic rings. The van der Waals surface area contributed by atoms with Gasteiger partial charge in [-0.1, -0.05) is 29.3 Å². The summed E-state index contributed by atoms with van der Waals surface area (Å²) in [5.41, 5.74) is 14.0. The number of benzene rings is 2. The third kappa shape index (κ3) is 2.33. The highest BCUT2D eigenvalue weighted by atomic mass is 35.5. The van der Waals surface area contributed by atoms with Crippen molar-refractivity contribution in [2.45, 2.75) is 0 Å². The molecule has 94 valence electrons. The quantitative estimate of drug-likeness (QED) is 0.823. The van der Waals surface area contributed by atoms with Crippen LogP contribution in [-0.2, 0) is 0 Å². The molecule has 3 nitrogen and oxygen atoms in total. The second kappa shape index (κ2) is 4.96. The van der Waals surface area contributed by atoms with E-state index in [1.54, 1.807) is 37.4 Å². The van der Waals surface area contributed by atoms with Gasteiger partial charge in [-0.05, 0) is 18.2 Å². The first kappa shape index (κ1) is 12.9. The van der Waals surface area contributed by atoms with Crippen LogP contribution in [0.15, 0.2) is 30.3 Å². The Bertz CT molecular complexity index is 600. The van der Waals surface area contributed by atoms with E-state index in [2.05, 4.69) is 0 Å². The molecular formula is C13H12Cl2N2O. The third-order valence-electron chi connectivity index (χ3n) is 2.56. The lowest BCUT2D eigenvalue weighted by atomic mass is 10.0. The molecule has 0 saturated heterocycles. The zero-order valence-corrected chi connectivity index (χ0v) is 11.2. The Morgan fingerprint density at radius 1 is 0.944 bits per heavy atom. The van der Waals surface area contributed by atoms with Gasteiger partial charge in [-0.3, -0.25) is 0 Å². The molecule has 0 heterocycles. The lowest BCUT2D eigenvalue weighted by Crippen LogP contribution is -1.94. The third-order valence-corrected chi connectivity index (χ3v) is 3.17. The summed E-state index contributed by atoms with van der Waals surface area (Å²) in [4.78, 5) is 0. The van der Waals surface area contributed by atoms with E-state index in [1.165, 1.54) is 0 Å². The minimum Gasteiger partial charge on any atom is -0.496 e. The Balaban J connectivity index is 2.70. The standard InChI is InChI=1S/C13H12Cl2N2O/c1-18-12-6-8(17)5-11(15)13(12)9-3-2-7(16)4-10(9)14/h2-6H,16-17H2,1H3. The smallest absolute Gasteiger partial charge is 0.130 e. The number of nitrogens with two attached hydrogens (primary N) is 2. The lowest BCUT2D eigenvalue weighted by Gasteiger charge is -2.13. The highest BCUT2D eigenvalue weighted by Gasteiger charge is 2.14. The van der Waals surface area contributed by atoms with E-state index in [0.29, 0.717) is 32.7 Å². The molecule has 2 aromatic rings. The van der Waals surface area contributed by atoms with E-state index < -0.39 is 0 Å². The predicted octanol–water partition coefficient (Wildman–Crippen LogP) is 3.83. The highest BCUT2D eigenvalue weighted by molar-refractivity contribution is 6.37. The molecule has 0 radical (unpaired) electrons. The topological polar surface area (TPSA) is 61.3 Å². The molecule has 2 rings (SSSR count). The molecular weight excluding hydrogens is 271 g/mol. The lowest BCUT2D eigenvalue weighted by molar-refractivity contribution is 0.416. The van der Waals surface area contributed by atoms with E-state index in [1.807, 2.05) is 0 Å². The number of nitrogen functional groups attached to an aromatic ring is 2. The summed E-state index contributed by atoms with van der Waals surface area (Å²) in [6.07, 6.45) is 0. The maximum atomic E-state index is 6.21. The monoisotopic (exact) mass is 282 g/mol. The Kier molecular flexibility index (Phi) is 3.55. The van der Waals surface area contributed by atoms with Crippen molar-refractivity contribution in [2.75, 3.05) is 18.6 Å². The van der Waals surface area contributed by atoms with Gasteiger partial charge in [-0.25, -0.2) is 0 Å². The van der Waals surface area contributed by atoms with Crippen molar-refractivity contribution in [3.05, 3.63) is 40.4 Å². The van der Waals surface area contributed by atoms with Gasteiger partial charge < -0.3 is 16.2 Å². The summed E-state index contributed by atoms with van der Waals surface area (Å²) in [5.74, 6) is 0.576. The molecule has 0 bridgehead atoms. The molecule has 0 atom stereocenters. The SMILES string of the molecule is COc1cc(N)cc(Cl)c1-c1ccc(N)cc1Cl. The van der Waals surface area contributed by atoms with E-state index in [9.17, 15) is 0 Å². The second-order valence-corrected chi connectivity index (χ2v) is 4.63. The second-order valence-electron chi connectivity index (χ2n) is 3.82. The minimum absolute atomic E-state index is 0.485. The van der Waals surface area contributed by atoms with Crippen LogP contribution in [0.3, 0.4) is 0 Å². The fourth-order valence-electron chi connectivity index (χ4n) is 1.76. The van der Waals surface area contributed by atoms with Crippen LogP contribution in [0.5, 0.6) is 5.75 Å². The van der Waals surface area contributed by atoms with Crippen LogP contribution < -0.4 is 16.2 Å². The summed E-state index contributed by atoms with van der Waals surface area (Å²) >= 11 is 12.4. The average molecular weight is 283 g/mol. The van der Waals surface area contributed by atoms with Gasteiger partial charge in [0.25, 0.3) is 0 Å². The van der Waals surface area contributed by atoms with Crippen LogP contribution in [-0.4, -0.2) is 7.11 Å². The van der Waals surface area contributed by atoms with Gasteiger partial charge in [0.05, 0.1) is 17.2 Å². The highest BCUT2D eigenvalue weighted by Crippen LogP contribution is 2.41. The zero-order chi connectivity index (χ0) is 13.3. The normalized spacial score (nSPS) is 10.4. The maximum Gasteiger partial charge on any atom is 0.130 e. The van der Waals surface area contributed by atoms with Crippen LogP contribution in [0.4, 0.5) is 11.4 Å². The number of hydrogen-bond acceptors (Lipinski definition) is 3. The Hall–Kier alpha value is -1.58. The molecule has 0 unspecified atom stereocenters. The van der Waals surface area contributed by atoms with Crippen LogP contribution in [0.25, 0.3) is 11.1 Å². The van der Waals surface area contributed by atoms with Crippen molar-refractivity contribution in [3.8, 4) is 16.9 Å². The van der Waals surface area contributed by atoms with E-state index >= 15 is 0 Å². The Morgan fingerprint density at radius 2 is 1.61 bits per heavy atom. The fourth-order valence-corrected chi connectivity index (χ4v) is 2.36. The van der Waals surface area contributed by atoms with E-state index in [4.69, 9.17) is 39.4 Å². The molecule has 5 heteroatoms. The summed E-state index contributed by atoms with van der Waals surface area (Å²) < 4.78 is 5.29. The summed E-state index contributed by atoms with van der Waals surface area (Å²) in [6, 6.07) is 8.59. The number of rotatable bonds is 2. The van der Waals surface area contributed by atoms with Crippen LogP contribution in [0, 0.1) is 0 Å². The Labute approximate surface area is 115 Å². The van der Waals surface area contributed by atoms with Gasteiger partial charge >= 0.3 is 0 Å². The maximum absolute atomic E-state index is 6.21. The predicted molar refractivity (Wildman–Crippen MR) is 77.3 cm³/mol. The number of ether oxygens (including phenoxy) is 1. The zero-order valence-electron chi connectivity index (χ0n) is 9.71. The average Bonchev–Trinajstić information content (AvgIpc) is 2.29. The Morgan fingerprint density at radius 3 is 2.22 bits per heavy atom. The number of hydrogen-bond donors (Lipinski definition) is 2. The number of methoxy groups -OCH3 is 1. The van der Waals surface area contributed by atoms with Gasteiger partial charge in [0.15, 0.2) is 0 Å². The van der Waals surface area contributed by atoms with Gasteiger partial charge in [-0.2, -0.15) is 0 Å². The van der Waals surface area contributed by atoms with Gasteiger partial charge in [-0.15, -0.1) is 0 Å². The first-order valence-corrected chi connectivity index (χ1v) is 5.97. The van der Waals surface area contributed by atoms with Crippen LogP contribution in [0.2, 0.25) is 10.0 Å². The molecule has 18 heavy (non-hydrogen) atoms. The minimum atomic E-state index is 0.485. The molecule has 0 aromatic heterocycles. The number of halogens is 2. The molecule has 4 N–H and O–H groups in total. The first-order valence-electron chi connectivity index (χ1n) is 5.21. The van der Waals surface area contributed by atoms with Gasteiger partial charge in [0.2, 0.25) is 0 Å².